The molecule has 23 heavy (non-hydrogen) atoms. The predicted octanol–water partition coefficient (Wildman–Crippen LogP) is 4.00. The lowest BCUT2D eigenvalue weighted by Crippen LogP contribution is -2.35. The molecule has 122 valence electrons. The number of benzene rings is 1. The summed E-state index contributed by atoms with van der Waals surface area (Å²) in [6, 6.07) is 5.69. The molecule has 3 N–H and O–H groups in total. The maximum atomic E-state index is 6.33. The van der Waals surface area contributed by atoms with Gasteiger partial charge in [0, 0.05) is 23.8 Å². The second kappa shape index (κ2) is 6.62. The first-order chi connectivity index (χ1) is 11.0. The van der Waals surface area contributed by atoms with E-state index in [1.54, 1.807) is 6.33 Å². The highest BCUT2D eigenvalue weighted by atomic mass is 35.5. The standard InChI is InChI=1S/C17H22ClN5/c1-11-4-3-7-23(9-11)17-15(19)16(20-10-21-17)22-14-6-5-13(18)8-12(14)2/h5-6,8,10-11H,3-4,7,9,19H2,1-2H3,(H,20,21,22). The molecule has 1 fully saturated rings. The molecule has 3 rings (SSSR count). The number of piperidine rings is 1. The van der Waals surface area contributed by atoms with Crippen LogP contribution in [0.5, 0.6) is 0 Å². The number of hydrogen-bond acceptors (Lipinski definition) is 5. The van der Waals surface area contributed by atoms with E-state index in [1.807, 2.05) is 25.1 Å². The zero-order chi connectivity index (χ0) is 16.4. The molecule has 0 saturated carbocycles. The van der Waals surface area contributed by atoms with Gasteiger partial charge in [0.2, 0.25) is 0 Å². The Labute approximate surface area is 141 Å². The summed E-state index contributed by atoms with van der Waals surface area (Å²) in [6.07, 6.45) is 4.00. The molecule has 1 aliphatic rings. The summed E-state index contributed by atoms with van der Waals surface area (Å²) in [5, 5.41) is 4.01. The average Bonchev–Trinajstić information content (AvgIpc) is 2.52. The number of hydrogen-bond donors (Lipinski definition) is 2. The minimum atomic E-state index is 0.593. The lowest BCUT2D eigenvalue weighted by molar-refractivity contribution is 0.445. The van der Waals surface area contributed by atoms with Crippen molar-refractivity contribution in [3.8, 4) is 0 Å². The zero-order valence-corrected chi connectivity index (χ0v) is 14.3. The molecule has 2 heterocycles. The van der Waals surface area contributed by atoms with E-state index in [9.17, 15) is 0 Å². The van der Waals surface area contributed by atoms with Crippen LogP contribution >= 0.6 is 11.6 Å². The van der Waals surface area contributed by atoms with E-state index in [2.05, 4.69) is 27.1 Å². The number of nitrogens with two attached hydrogens (primary N) is 1. The van der Waals surface area contributed by atoms with Crippen LogP contribution in [0, 0.1) is 12.8 Å². The van der Waals surface area contributed by atoms with Crippen LogP contribution in [-0.4, -0.2) is 23.1 Å². The third kappa shape index (κ3) is 3.50. The molecule has 1 unspecified atom stereocenters. The van der Waals surface area contributed by atoms with E-state index >= 15 is 0 Å². The molecule has 1 saturated heterocycles. The van der Waals surface area contributed by atoms with E-state index in [4.69, 9.17) is 17.3 Å². The van der Waals surface area contributed by atoms with Crippen molar-refractivity contribution in [2.45, 2.75) is 26.7 Å². The first-order valence-corrected chi connectivity index (χ1v) is 8.31. The van der Waals surface area contributed by atoms with Gasteiger partial charge < -0.3 is 16.0 Å². The van der Waals surface area contributed by atoms with E-state index in [0.29, 0.717) is 22.4 Å². The first-order valence-electron chi connectivity index (χ1n) is 7.93. The van der Waals surface area contributed by atoms with E-state index in [1.165, 1.54) is 12.8 Å². The van der Waals surface area contributed by atoms with Crippen molar-refractivity contribution >= 4 is 34.6 Å². The van der Waals surface area contributed by atoms with Crippen LogP contribution in [0.4, 0.5) is 23.0 Å². The van der Waals surface area contributed by atoms with Crippen molar-refractivity contribution in [1.29, 1.82) is 0 Å². The topological polar surface area (TPSA) is 67.1 Å². The molecular formula is C17H22ClN5. The number of nitrogens with zero attached hydrogens (tertiary/aromatic N) is 3. The van der Waals surface area contributed by atoms with Crippen molar-refractivity contribution in [3.63, 3.8) is 0 Å². The van der Waals surface area contributed by atoms with Gasteiger partial charge in [-0.25, -0.2) is 9.97 Å². The van der Waals surface area contributed by atoms with E-state index in [0.717, 1.165) is 30.2 Å². The van der Waals surface area contributed by atoms with Gasteiger partial charge in [-0.2, -0.15) is 0 Å². The third-order valence-corrected chi connectivity index (χ3v) is 4.50. The maximum absolute atomic E-state index is 6.33. The van der Waals surface area contributed by atoms with Crippen LogP contribution < -0.4 is 16.0 Å². The average molecular weight is 332 g/mol. The smallest absolute Gasteiger partial charge is 0.159 e. The molecule has 2 aromatic rings. The molecule has 0 spiro atoms. The van der Waals surface area contributed by atoms with Gasteiger partial charge in [-0.1, -0.05) is 18.5 Å². The Hall–Kier alpha value is -2.01. The van der Waals surface area contributed by atoms with Crippen LogP contribution in [-0.2, 0) is 0 Å². The summed E-state index contributed by atoms with van der Waals surface area (Å²) in [5.41, 5.74) is 8.91. The van der Waals surface area contributed by atoms with Gasteiger partial charge in [0.25, 0.3) is 0 Å². The molecule has 0 radical (unpaired) electrons. The van der Waals surface area contributed by atoms with Crippen LogP contribution in [0.1, 0.15) is 25.3 Å². The molecule has 1 atom stereocenters. The normalized spacial score (nSPS) is 18.0. The number of aromatic nitrogens is 2. The SMILES string of the molecule is Cc1cc(Cl)ccc1Nc1ncnc(N2CCCC(C)C2)c1N. The van der Waals surface area contributed by atoms with Crippen LogP contribution in [0.25, 0.3) is 0 Å². The minimum absolute atomic E-state index is 0.593. The Morgan fingerprint density at radius 3 is 2.91 bits per heavy atom. The molecule has 1 aliphatic heterocycles. The van der Waals surface area contributed by atoms with Crippen molar-refractivity contribution < 1.29 is 0 Å². The number of aryl methyl sites for hydroxylation is 1. The lowest BCUT2D eigenvalue weighted by atomic mass is 10.0. The van der Waals surface area contributed by atoms with Gasteiger partial charge in [0.15, 0.2) is 11.6 Å². The van der Waals surface area contributed by atoms with Gasteiger partial charge >= 0.3 is 0 Å². The second-order valence-electron chi connectivity index (χ2n) is 6.24. The zero-order valence-electron chi connectivity index (χ0n) is 13.5. The summed E-state index contributed by atoms with van der Waals surface area (Å²) < 4.78 is 0. The van der Waals surface area contributed by atoms with Crippen molar-refractivity contribution in [2.75, 3.05) is 29.0 Å². The Morgan fingerprint density at radius 1 is 1.35 bits per heavy atom. The van der Waals surface area contributed by atoms with Crippen LogP contribution in [0.3, 0.4) is 0 Å². The third-order valence-electron chi connectivity index (χ3n) is 4.26. The largest absolute Gasteiger partial charge is 0.393 e. The number of nitrogen functional groups attached to an aromatic ring is 1. The summed E-state index contributed by atoms with van der Waals surface area (Å²) in [6.45, 7) is 6.24. The number of halogens is 1. The molecule has 6 heteroatoms. The van der Waals surface area contributed by atoms with Gasteiger partial charge in [-0.3, -0.25) is 0 Å². The fraction of sp³-hybridized carbons (Fsp3) is 0.412. The van der Waals surface area contributed by atoms with Crippen molar-refractivity contribution in [2.24, 2.45) is 5.92 Å². The quantitative estimate of drug-likeness (QED) is 0.889. The lowest BCUT2D eigenvalue weighted by Gasteiger charge is -2.32. The summed E-state index contributed by atoms with van der Waals surface area (Å²) in [4.78, 5) is 11.0. The molecular weight excluding hydrogens is 310 g/mol. The van der Waals surface area contributed by atoms with Gasteiger partial charge in [0.1, 0.15) is 12.0 Å². The maximum Gasteiger partial charge on any atom is 0.159 e. The molecule has 1 aromatic carbocycles. The molecule has 0 aliphatic carbocycles. The fourth-order valence-corrected chi connectivity index (χ4v) is 3.24. The Balaban J connectivity index is 1.87. The summed E-state index contributed by atoms with van der Waals surface area (Å²) in [7, 11) is 0. The van der Waals surface area contributed by atoms with Crippen molar-refractivity contribution in [1.82, 2.24) is 9.97 Å². The molecule has 1 aromatic heterocycles. The molecule has 5 nitrogen and oxygen atoms in total. The number of nitrogens with one attached hydrogen (secondary N) is 1. The highest BCUT2D eigenvalue weighted by Crippen LogP contribution is 2.32. The first kappa shape index (κ1) is 15.9. The number of anilines is 4. The highest BCUT2D eigenvalue weighted by Gasteiger charge is 2.21. The van der Waals surface area contributed by atoms with E-state index in [-0.39, 0.29) is 0 Å². The Kier molecular flexibility index (Phi) is 4.57. The monoisotopic (exact) mass is 331 g/mol. The molecule has 0 amide bonds. The second-order valence-corrected chi connectivity index (χ2v) is 6.67. The van der Waals surface area contributed by atoms with Gasteiger partial charge in [-0.15, -0.1) is 0 Å². The van der Waals surface area contributed by atoms with Crippen LogP contribution in [0.2, 0.25) is 5.02 Å². The van der Waals surface area contributed by atoms with Crippen LogP contribution in [0.15, 0.2) is 24.5 Å². The molecule has 0 bridgehead atoms. The summed E-state index contributed by atoms with van der Waals surface area (Å²) in [5.74, 6) is 2.12. The van der Waals surface area contributed by atoms with Gasteiger partial charge in [-0.05, 0) is 49.4 Å². The highest BCUT2D eigenvalue weighted by molar-refractivity contribution is 6.30. The minimum Gasteiger partial charge on any atom is -0.393 e. The fourth-order valence-electron chi connectivity index (χ4n) is 3.01. The predicted molar refractivity (Wildman–Crippen MR) is 96.5 cm³/mol. The Bertz CT molecular complexity index is 703. The summed E-state index contributed by atoms with van der Waals surface area (Å²) >= 11 is 6.01. The number of rotatable bonds is 3. The van der Waals surface area contributed by atoms with Crippen molar-refractivity contribution in [3.05, 3.63) is 35.1 Å². The van der Waals surface area contributed by atoms with E-state index < -0.39 is 0 Å². The Morgan fingerprint density at radius 2 is 2.17 bits per heavy atom. The van der Waals surface area contributed by atoms with Gasteiger partial charge in [0.05, 0.1) is 0 Å².